The molecule has 3 aromatic rings. The average Bonchev–Trinajstić information content (AvgIpc) is 2.76. The molecular formula is C22H21FN4O3. The van der Waals surface area contributed by atoms with E-state index in [1.165, 1.54) is 18.2 Å². The summed E-state index contributed by atoms with van der Waals surface area (Å²) in [7, 11) is 0. The predicted molar refractivity (Wildman–Crippen MR) is 111 cm³/mol. The van der Waals surface area contributed by atoms with Gasteiger partial charge >= 0.3 is 5.97 Å². The van der Waals surface area contributed by atoms with Crippen LogP contribution in [0.2, 0.25) is 0 Å². The molecule has 4 rings (SSSR count). The number of hydrogen-bond donors (Lipinski definition) is 2. The first-order chi connectivity index (χ1) is 14.5. The van der Waals surface area contributed by atoms with Gasteiger partial charge in [-0.25, -0.2) is 4.39 Å². The summed E-state index contributed by atoms with van der Waals surface area (Å²) in [5, 5.41) is 27.0. The van der Waals surface area contributed by atoms with Crippen molar-refractivity contribution in [2.45, 2.75) is 0 Å². The molecule has 7 nitrogen and oxygen atoms in total. The van der Waals surface area contributed by atoms with Crippen molar-refractivity contribution < 1.29 is 19.4 Å². The first-order valence-corrected chi connectivity index (χ1v) is 9.61. The number of benzene rings is 2. The van der Waals surface area contributed by atoms with Gasteiger partial charge in [-0.3, -0.25) is 9.69 Å². The average molecular weight is 408 g/mol. The number of carbonyl (C=O) groups is 1. The molecule has 2 heterocycles. The van der Waals surface area contributed by atoms with E-state index in [1.54, 1.807) is 12.3 Å². The molecule has 1 fully saturated rings. The maximum Gasteiger partial charge on any atom is 0.317 e. The molecule has 0 amide bonds. The van der Waals surface area contributed by atoms with E-state index in [9.17, 15) is 14.3 Å². The molecule has 154 valence electrons. The molecule has 0 radical (unpaired) electrons. The van der Waals surface area contributed by atoms with Gasteiger partial charge in [0.05, 0.1) is 18.4 Å². The van der Waals surface area contributed by atoms with Crippen molar-refractivity contribution in [3.8, 4) is 28.1 Å². The molecule has 1 saturated heterocycles. The maximum absolute atomic E-state index is 13.6. The normalized spacial score (nSPS) is 14.6. The Morgan fingerprint density at radius 1 is 1.00 bits per heavy atom. The highest BCUT2D eigenvalue weighted by Crippen LogP contribution is 2.31. The van der Waals surface area contributed by atoms with Crippen LogP contribution in [-0.2, 0) is 4.79 Å². The van der Waals surface area contributed by atoms with Gasteiger partial charge in [0.25, 0.3) is 0 Å². The van der Waals surface area contributed by atoms with Crippen molar-refractivity contribution in [3.63, 3.8) is 0 Å². The standard InChI is InChI=1S/C22H21FN4O3/c23-17-3-6-21(28)19(12-17)20-11-16(13-24-25-20)15-1-4-18(5-2-15)27-9-7-26(8-10-27)14-22(29)30/h1-6,11-13,28H,7-10,14H2,(H,29,30). The van der Waals surface area contributed by atoms with Crippen LogP contribution < -0.4 is 4.90 Å². The third-order valence-electron chi connectivity index (χ3n) is 5.19. The Balaban J connectivity index is 1.50. The molecule has 0 saturated carbocycles. The van der Waals surface area contributed by atoms with Crippen molar-refractivity contribution >= 4 is 11.7 Å². The fourth-order valence-corrected chi connectivity index (χ4v) is 3.59. The third kappa shape index (κ3) is 4.38. The van der Waals surface area contributed by atoms with Crippen LogP contribution in [0.5, 0.6) is 5.75 Å². The number of carboxylic acids is 1. The van der Waals surface area contributed by atoms with Gasteiger partial charge in [-0.05, 0) is 42.0 Å². The highest BCUT2D eigenvalue weighted by atomic mass is 19.1. The molecule has 0 unspecified atom stereocenters. The van der Waals surface area contributed by atoms with E-state index >= 15 is 0 Å². The molecular weight excluding hydrogens is 387 g/mol. The van der Waals surface area contributed by atoms with Crippen LogP contribution in [0, 0.1) is 5.82 Å². The largest absolute Gasteiger partial charge is 0.507 e. The second-order valence-corrected chi connectivity index (χ2v) is 7.19. The summed E-state index contributed by atoms with van der Waals surface area (Å²) in [5.41, 5.74) is 3.49. The molecule has 0 atom stereocenters. The summed E-state index contributed by atoms with van der Waals surface area (Å²) in [5.74, 6) is -1.31. The summed E-state index contributed by atoms with van der Waals surface area (Å²) in [6.45, 7) is 3.04. The summed E-state index contributed by atoms with van der Waals surface area (Å²) in [4.78, 5) is 15.0. The molecule has 8 heteroatoms. The zero-order chi connectivity index (χ0) is 21.1. The molecule has 30 heavy (non-hydrogen) atoms. The molecule has 1 aromatic heterocycles. The van der Waals surface area contributed by atoms with Crippen molar-refractivity contribution in [3.05, 3.63) is 60.5 Å². The van der Waals surface area contributed by atoms with Gasteiger partial charge in [-0.1, -0.05) is 12.1 Å². The molecule has 0 bridgehead atoms. The fraction of sp³-hybridized carbons (Fsp3) is 0.227. The Labute approximate surface area is 173 Å². The monoisotopic (exact) mass is 408 g/mol. The Hall–Kier alpha value is -3.52. The summed E-state index contributed by atoms with van der Waals surface area (Å²) in [6.07, 6.45) is 1.62. The molecule has 0 spiro atoms. The number of aromatic nitrogens is 2. The van der Waals surface area contributed by atoms with E-state index in [4.69, 9.17) is 5.11 Å². The number of aliphatic carboxylic acids is 1. The fourth-order valence-electron chi connectivity index (χ4n) is 3.59. The number of piperazine rings is 1. The topological polar surface area (TPSA) is 89.8 Å². The Morgan fingerprint density at radius 2 is 1.73 bits per heavy atom. The first kappa shape index (κ1) is 19.8. The molecule has 2 N–H and O–H groups in total. The Morgan fingerprint density at radius 3 is 2.43 bits per heavy atom. The Kier molecular flexibility index (Phi) is 5.58. The van der Waals surface area contributed by atoms with Crippen molar-refractivity contribution in [1.29, 1.82) is 0 Å². The lowest BCUT2D eigenvalue weighted by Crippen LogP contribution is -2.47. The summed E-state index contributed by atoms with van der Waals surface area (Å²) < 4.78 is 13.6. The lowest BCUT2D eigenvalue weighted by atomic mass is 10.0. The SMILES string of the molecule is O=C(O)CN1CCN(c2ccc(-c3cnnc(-c4cc(F)ccc4O)c3)cc2)CC1. The first-order valence-electron chi connectivity index (χ1n) is 9.61. The minimum absolute atomic E-state index is 0.0553. The van der Waals surface area contributed by atoms with Gasteiger partial charge in [0.15, 0.2) is 0 Å². The molecule has 1 aliphatic heterocycles. The van der Waals surface area contributed by atoms with E-state index in [0.29, 0.717) is 24.3 Å². The van der Waals surface area contributed by atoms with Gasteiger partial charge in [-0.15, -0.1) is 0 Å². The predicted octanol–water partition coefficient (Wildman–Crippen LogP) is 2.86. The van der Waals surface area contributed by atoms with E-state index in [1.807, 2.05) is 29.2 Å². The zero-order valence-corrected chi connectivity index (χ0v) is 16.2. The Bertz CT molecular complexity index is 1050. The van der Waals surface area contributed by atoms with Gasteiger partial charge in [0.1, 0.15) is 11.6 Å². The molecule has 0 aliphatic carbocycles. The number of rotatable bonds is 5. The number of aromatic hydroxyl groups is 1. The van der Waals surface area contributed by atoms with Crippen LogP contribution in [0.1, 0.15) is 0 Å². The maximum atomic E-state index is 13.6. The van der Waals surface area contributed by atoms with Crippen LogP contribution >= 0.6 is 0 Å². The molecule has 2 aromatic carbocycles. The quantitative estimate of drug-likeness (QED) is 0.671. The van der Waals surface area contributed by atoms with Crippen LogP contribution in [-0.4, -0.2) is 64.0 Å². The smallest absolute Gasteiger partial charge is 0.317 e. The van der Waals surface area contributed by atoms with E-state index in [0.717, 1.165) is 29.9 Å². The van der Waals surface area contributed by atoms with Crippen molar-refractivity contribution in [2.75, 3.05) is 37.6 Å². The van der Waals surface area contributed by atoms with Crippen LogP contribution in [0.3, 0.4) is 0 Å². The number of hydrogen-bond acceptors (Lipinski definition) is 6. The number of carboxylic acid groups (broad SMARTS) is 1. The number of halogens is 1. The second-order valence-electron chi connectivity index (χ2n) is 7.19. The zero-order valence-electron chi connectivity index (χ0n) is 16.2. The minimum atomic E-state index is -0.801. The van der Waals surface area contributed by atoms with Crippen molar-refractivity contribution in [1.82, 2.24) is 15.1 Å². The van der Waals surface area contributed by atoms with Crippen LogP contribution in [0.15, 0.2) is 54.7 Å². The summed E-state index contributed by atoms with van der Waals surface area (Å²) >= 11 is 0. The lowest BCUT2D eigenvalue weighted by Gasteiger charge is -2.35. The highest BCUT2D eigenvalue weighted by Gasteiger charge is 2.19. The van der Waals surface area contributed by atoms with Gasteiger partial charge < -0.3 is 15.1 Å². The highest BCUT2D eigenvalue weighted by molar-refractivity contribution is 5.73. The summed E-state index contributed by atoms with van der Waals surface area (Å²) in [6, 6.07) is 13.5. The third-order valence-corrected chi connectivity index (χ3v) is 5.19. The van der Waals surface area contributed by atoms with Crippen LogP contribution in [0.4, 0.5) is 10.1 Å². The molecule has 1 aliphatic rings. The number of anilines is 1. The number of phenolic OH excluding ortho intramolecular Hbond substituents is 1. The second kappa shape index (κ2) is 8.46. The van der Waals surface area contributed by atoms with Crippen molar-refractivity contribution in [2.24, 2.45) is 0 Å². The number of nitrogens with zero attached hydrogens (tertiary/aromatic N) is 4. The van der Waals surface area contributed by atoms with E-state index in [-0.39, 0.29) is 12.3 Å². The van der Waals surface area contributed by atoms with Gasteiger partial charge in [0, 0.05) is 43.0 Å². The van der Waals surface area contributed by atoms with Crippen LogP contribution in [0.25, 0.3) is 22.4 Å². The van der Waals surface area contributed by atoms with Gasteiger partial charge in [0.2, 0.25) is 0 Å². The van der Waals surface area contributed by atoms with E-state index < -0.39 is 11.8 Å². The lowest BCUT2D eigenvalue weighted by molar-refractivity contribution is -0.138. The van der Waals surface area contributed by atoms with E-state index in [2.05, 4.69) is 15.1 Å². The number of phenols is 1. The minimum Gasteiger partial charge on any atom is -0.507 e. The van der Waals surface area contributed by atoms with Gasteiger partial charge in [-0.2, -0.15) is 10.2 Å².